The molecular weight excluding hydrogens is 565 g/mol. The van der Waals surface area contributed by atoms with Crippen LogP contribution in [0.3, 0.4) is 0 Å². The Kier molecular flexibility index (Phi) is 7.79. The Labute approximate surface area is 213 Å². The van der Waals surface area contributed by atoms with Crippen molar-refractivity contribution in [2.24, 2.45) is 5.92 Å². The Bertz CT molecular complexity index is 1270. The highest BCUT2D eigenvalue weighted by molar-refractivity contribution is 14.1. The van der Waals surface area contributed by atoms with Gasteiger partial charge in [-0.05, 0) is 64.3 Å². The molecule has 4 rings (SSSR count). The number of hydrogen-bond acceptors (Lipinski definition) is 5. The summed E-state index contributed by atoms with van der Waals surface area (Å²) in [7, 11) is -3.45. The van der Waals surface area contributed by atoms with Crippen LogP contribution >= 0.6 is 22.6 Å². The van der Waals surface area contributed by atoms with Crippen LogP contribution in [0.4, 0.5) is 0 Å². The normalized spacial score (nSPS) is 16.0. The smallest absolute Gasteiger partial charge is 0.253 e. The van der Waals surface area contributed by atoms with E-state index < -0.39 is 10.0 Å². The van der Waals surface area contributed by atoms with E-state index >= 15 is 0 Å². The van der Waals surface area contributed by atoms with Crippen LogP contribution in [0.2, 0.25) is 0 Å². The van der Waals surface area contributed by atoms with Crippen molar-refractivity contribution in [2.45, 2.75) is 19.4 Å². The number of benzene rings is 2. The largest absolute Gasteiger partial charge is 0.338 e. The standard InChI is InChI=1S/C24H26IN5O3S/c1-2-34(32,33)26-14-19-11-12-29(15-19)24(31)20-9-7-18(8-10-20)16-30-17-22(27-28-30)13-21-5-3-4-6-23(21)25/h2-10,17,19,26H,1,11-16H2/t19-/m1/s1. The number of carbonyl (C=O) groups excluding carboxylic acids is 1. The number of amides is 1. The summed E-state index contributed by atoms with van der Waals surface area (Å²) in [6, 6.07) is 15.7. The van der Waals surface area contributed by atoms with Gasteiger partial charge in [-0.15, -0.1) is 5.10 Å². The van der Waals surface area contributed by atoms with Gasteiger partial charge in [0.25, 0.3) is 5.91 Å². The van der Waals surface area contributed by atoms with Crippen molar-refractivity contribution in [1.29, 1.82) is 0 Å². The zero-order valence-corrected chi connectivity index (χ0v) is 21.6. The number of likely N-dealkylation sites (tertiary alicyclic amines) is 1. The number of sulfonamides is 1. The molecule has 1 fully saturated rings. The Balaban J connectivity index is 1.31. The van der Waals surface area contributed by atoms with E-state index in [0.29, 0.717) is 31.7 Å². The summed E-state index contributed by atoms with van der Waals surface area (Å²) < 4.78 is 28.6. The summed E-state index contributed by atoms with van der Waals surface area (Å²) in [5.41, 5.74) is 3.78. The molecule has 2 aromatic carbocycles. The highest BCUT2D eigenvalue weighted by Gasteiger charge is 2.27. The van der Waals surface area contributed by atoms with E-state index in [1.165, 1.54) is 9.13 Å². The highest BCUT2D eigenvalue weighted by atomic mass is 127. The molecule has 1 saturated heterocycles. The lowest BCUT2D eigenvalue weighted by Gasteiger charge is -2.17. The van der Waals surface area contributed by atoms with Crippen molar-refractivity contribution in [3.8, 4) is 0 Å². The molecule has 0 spiro atoms. The van der Waals surface area contributed by atoms with Gasteiger partial charge in [-0.2, -0.15) is 0 Å². The maximum atomic E-state index is 12.9. The third kappa shape index (κ3) is 6.30. The topological polar surface area (TPSA) is 97.2 Å². The van der Waals surface area contributed by atoms with Gasteiger partial charge < -0.3 is 4.90 Å². The molecule has 1 amide bonds. The molecule has 8 nitrogen and oxygen atoms in total. The van der Waals surface area contributed by atoms with Gasteiger partial charge in [0.05, 0.1) is 12.2 Å². The van der Waals surface area contributed by atoms with Gasteiger partial charge in [-0.25, -0.2) is 17.8 Å². The fourth-order valence-corrected chi connectivity index (χ4v) is 5.10. The van der Waals surface area contributed by atoms with E-state index in [4.69, 9.17) is 0 Å². The van der Waals surface area contributed by atoms with Gasteiger partial charge in [0.1, 0.15) is 0 Å². The van der Waals surface area contributed by atoms with Gasteiger partial charge in [-0.1, -0.05) is 42.1 Å². The van der Waals surface area contributed by atoms with E-state index in [1.807, 2.05) is 42.6 Å². The molecule has 1 aliphatic rings. The van der Waals surface area contributed by atoms with Crippen molar-refractivity contribution >= 4 is 38.5 Å². The van der Waals surface area contributed by atoms with Crippen molar-refractivity contribution in [2.75, 3.05) is 19.6 Å². The number of halogens is 1. The molecule has 0 unspecified atom stereocenters. The molecule has 1 N–H and O–H groups in total. The molecule has 0 radical (unpaired) electrons. The number of hydrogen-bond donors (Lipinski definition) is 1. The second-order valence-corrected chi connectivity index (χ2v) is 11.2. The van der Waals surface area contributed by atoms with Crippen LogP contribution < -0.4 is 4.72 Å². The van der Waals surface area contributed by atoms with Gasteiger partial charge >= 0.3 is 0 Å². The summed E-state index contributed by atoms with van der Waals surface area (Å²) in [5.74, 6) is 0.0553. The molecule has 1 aliphatic heterocycles. The predicted octanol–water partition coefficient (Wildman–Crippen LogP) is 3.05. The molecule has 178 valence electrons. The van der Waals surface area contributed by atoms with E-state index in [0.717, 1.165) is 29.5 Å². The second kappa shape index (κ2) is 10.8. The van der Waals surface area contributed by atoms with Crippen LogP contribution in [-0.4, -0.2) is 53.9 Å². The lowest BCUT2D eigenvalue weighted by atomic mass is 10.1. The molecule has 34 heavy (non-hydrogen) atoms. The molecule has 2 heterocycles. The van der Waals surface area contributed by atoms with Crippen molar-refractivity contribution in [3.05, 3.63) is 92.7 Å². The maximum Gasteiger partial charge on any atom is 0.253 e. The summed E-state index contributed by atoms with van der Waals surface area (Å²) >= 11 is 2.33. The summed E-state index contributed by atoms with van der Waals surface area (Å²) in [6.07, 6.45) is 3.45. The zero-order chi connectivity index (χ0) is 24.1. The number of carbonyl (C=O) groups is 1. The molecule has 1 aromatic heterocycles. The summed E-state index contributed by atoms with van der Waals surface area (Å²) in [4.78, 5) is 14.6. The highest BCUT2D eigenvalue weighted by Crippen LogP contribution is 2.19. The third-order valence-electron chi connectivity index (χ3n) is 5.83. The van der Waals surface area contributed by atoms with E-state index in [1.54, 1.807) is 9.58 Å². The minimum absolute atomic E-state index is 0.0406. The SMILES string of the molecule is C=CS(=O)(=O)NC[C@H]1CCN(C(=O)c2ccc(Cn3cc(Cc4ccccc4I)nn3)cc2)C1. The first-order chi connectivity index (χ1) is 16.3. The third-order valence-corrected chi connectivity index (χ3v) is 7.89. The molecule has 0 aliphatic carbocycles. The van der Waals surface area contributed by atoms with Gasteiger partial charge in [0.2, 0.25) is 10.0 Å². The number of aromatic nitrogens is 3. The molecule has 10 heteroatoms. The first-order valence-electron chi connectivity index (χ1n) is 11.0. The van der Waals surface area contributed by atoms with Crippen LogP contribution in [0.5, 0.6) is 0 Å². The monoisotopic (exact) mass is 591 g/mol. The van der Waals surface area contributed by atoms with Crippen LogP contribution in [0.25, 0.3) is 0 Å². The van der Waals surface area contributed by atoms with Crippen LogP contribution in [0.15, 0.2) is 66.7 Å². The van der Waals surface area contributed by atoms with Crippen LogP contribution in [-0.2, 0) is 23.0 Å². The van der Waals surface area contributed by atoms with E-state index in [-0.39, 0.29) is 11.8 Å². The van der Waals surface area contributed by atoms with Gasteiger partial charge in [0.15, 0.2) is 0 Å². The molecular formula is C24H26IN5O3S. The Morgan fingerprint density at radius 1 is 1.21 bits per heavy atom. The maximum absolute atomic E-state index is 12.9. The Morgan fingerprint density at radius 2 is 1.97 bits per heavy atom. The number of nitrogens with zero attached hydrogens (tertiary/aromatic N) is 4. The average Bonchev–Trinajstić information content (AvgIpc) is 3.49. The summed E-state index contributed by atoms with van der Waals surface area (Å²) in [6.45, 7) is 5.31. The zero-order valence-electron chi connectivity index (χ0n) is 18.6. The van der Waals surface area contributed by atoms with Crippen molar-refractivity contribution in [1.82, 2.24) is 24.6 Å². The quantitative estimate of drug-likeness (QED) is 0.386. The average molecular weight is 591 g/mol. The number of rotatable bonds is 9. The summed E-state index contributed by atoms with van der Waals surface area (Å²) in [5, 5.41) is 9.43. The van der Waals surface area contributed by atoms with Crippen LogP contribution in [0.1, 0.15) is 33.6 Å². The Hall–Kier alpha value is -2.57. The van der Waals surface area contributed by atoms with E-state index in [2.05, 4.69) is 56.3 Å². The van der Waals surface area contributed by atoms with Crippen molar-refractivity contribution < 1.29 is 13.2 Å². The fourth-order valence-electron chi connectivity index (χ4n) is 3.93. The number of nitrogens with one attached hydrogen (secondary N) is 1. The van der Waals surface area contributed by atoms with Gasteiger partial charge in [0, 0.05) is 46.8 Å². The minimum atomic E-state index is -3.45. The van der Waals surface area contributed by atoms with Gasteiger partial charge in [-0.3, -0.25) is 4.79 Å². The predicted molar refractivity (Wildman–Crippen MR) is 139 cm³/mol. The molecule has 1 atom stereocenters. The second-order valence-electron chi connectivity index (χ2n) is 8.34. The Morgan fingerprint density at radius 3 is 2.71 bits per heavy atom. The lowest BCUT2D eigenvalue weighted by Crippen LogP contribution is -2.32. The molecule has 3 aromatic rings. The first-order valence-corrected chi connectivity index (χ1v) is 13.6. The van der Waals surface area contributed by atoms with Crippen molar-refractivity contribution in [3.63, 3.8) is 0 Å². The first kappa shape index (κ1) is 24.6. The van der Waals surface area contributed by atoms with Crippen LogP contribution in [0, 0.1) is 9.49 Å². The lowest BCUT2D eigenvalue weighted by molar-refractivity contribution is 0.0787. The molecule has 0 saturated carbocycles. The van der Waals surface area contributed by atoms with E-state index in [9.17, 15) is 13.2 Å². The molecule has 0 bridgehead atoms. The fraction of sp³-hybridized carbons (Fsp3) is 0.292. The minimum Gasteiger partial charge on any atom is -0.338 e.